The Morgan fingerprint density at radius 1 is 1.22 bits per heavy atom. The fourth-order valence-corrected chi connectivity index (χ4v) is 4.64. The number of imide groups is 1. The van der Waals surface area contributed by atoms with Crippen molar-refractivity contribution < 1.29 is 23.9 Å². The zero-order chi connectivity index (χ0) is 23.1. The van der Waals surface area contributed by atoms with Crippen LogP contribution in [0.1, 0.15) is 50.5 Å². The first-order chi connectivity index (χ1) is 15.4. The molecule has 0 radical (unpaired) electrons. The number of carbonyl (C=O) groups excluding carboxylic acids is 4. The van der Waals surface area contributed by atoms with Gasteiger partial charge in [0.1, 0.15) is 0 Å². The van der Waals surface area contributed by atoms with Gasteiger partial charge < -0.3 is 15.4 Å². The lowest BCUT2D eigenvalue weighted by Gasteiger charge is -2.41. The number of unbranched alkanes of at least 4 members (excludes halogenated alkanes) is 2. The second-order valence-corrected chi connectivity index (χ2v) is 8.84. The third-order valence-electron chi connectivity index (χ3n) is 6.19. The van der Waals surface area contributed by atoms with Crippen LogP contribution in [0.15, 0.2) is 24.3 Å². The lowest BCUT2D eigenvalue weighted by Crippen LogP contribution is -2.61. The summed E-state index contributed by atoms with van der Waals surface area (Å²) in [5, 5.41) is 6.39. The van der Waals surface area contributed by atoms with Gasteiger partial charge in [0.15, 0.2) is 0 Å². The molecule has 1 aromatic rings. The number of fused-ring (bicyclic) bond motifs is 1. The number of esters is 1. The molecular weight excluding hydrogens is 434 g/mol. The molecule has 4 amide bonds. The number of hydrogen-bond donors (Lipinski definition) is 2. The molecule has 1 heterocycles. The van der Waals surface area contributed by atoms with Gasteiger partial charge in [0.2, 0.25) is 11.8 Å². The highest BCUT2D eigenvalue weighted by Gasteiger charge is 2.45. The molecule has 3 unspecified atom stereocenters. The fraction of sp³-hybridized carbons (Fsp3) is 0.565. The topological polar surface area (TPSA) is 105 Å². The van der Waals surface area contributed by atoms with Crippen LogP contribution in [0.3, 0.4) is 0 Å². The fourth-order valence-electron chi connectivity index (χ4n) is 4.42. The third-order valence-corrected chi connectivity index (χ3v) is 6.42. The van der Waals surface area contributed by atoms with Gasteiger partial charge in [0.25, 0.3) is 0 Å². The molecule has 1 aromatic carbocycles. The van der Waals surface area contributed by atoms with Crippen molar-refractivity contribution in [3.05, 3.63) is 34.9 Å². The van der Waals surface area contributed by atoms with Crippen molar-refractivity contribution in [3.8, 4) is 0 Å². The molecule has 174 valence electrons. The summed E-state index contributed by atoms with van der Waals surface area (Å²) in [4.78, 5) is 50.3. The Kier molecular flexibility index (Phi) is 8.50. The number of rotatable bonds is 9. The molecule has 1 aliphatic heterocycles. The number of nitrogens with one attached hydrogen (secondary N) is 2. The molecule has 8 nitrogen and oxygen atoms in total. The molecule has 1 aliphatic carbocycles. The van der Waals surface area contributed by atoms with Crippen LogP contribution in [0, 0.1) is 11.8 Å². The highest BCUT2D eigenvalue weighted by molar-refractivity contribution is 6.30. The van der Waals surface area contributed by atoms with E-state index < -0.39 is 6.03 Å². The maximum Gasteiger partial charge on any atom is 0.324 e. The summed E-state index contributed by atoms with van der Waals surface area (Å²) in [5.41, 5.74) is 0.944. The van der Waals surface area contributed by atoms with Crippen LogP contribution >= 0.6 is 11.6 Å². The smallest absolute Gasteiger partial charge is 0.324 e. The molecule has 2 fully saturated rings. The molecular formula is C23H30ClN3O5. The average molecular weight is 464 g/mol. The van der Waals surface area contributed by atoms with Crippen molar-refractivity contribution in [1.82, 2.24) is 15.5 Å². The number of benzene rings is 1. The molecule has 9 heteroatoms. The Hall–Kier alpha value is -2.61. The van der Waals surface area contributed by atoms with Crippen LogP contribution in [0.5, 0.6) is 0 Å². The van der Waals surface area contributed by atoms with E-state index in [9.17, 15) is 19.2 Å². The highest BCUT2D eigenvalue weighted by atomic mass is 35.5. The predicted molar refractivity (Wildman–Crippen MR) is 119 cm³/mol. The maximum absolute atomic E-state index is 12.8. The number of amides is 4. The molecule has 0 spiro atoms. The van der Waals surface area contributed by atoms with Gasteiger partial charge >= 0.3 is 12.0 Å². The van der Waals surface area contributed by atoms with Crippen LogP contribution in [-0.2, 0) is 25.7 Å². The SMILES string of the molecule is COC(=O)C1CCC2C(=O)N(CCCCCC(=O)NCc3cccc(Cl)c3)C(=O)NC2C1. The number of urea groups is 1. The van der Waals surface area contributed by atoms with Crippen LogP contribution in [0.2, 0.25) is 5.02 Å². The van der Waals surface area contributed by atoms with E-state index in [0.29, 0.717) is 56.6 Å². The Morgan fingerprint density at radius 3 is 2.78 bits per heavy atom. The van der Waals surface area contributed by atoms with E-state index in [4.69, 9.17) is 16.3 Å². The second-order valence-electron chi connectivity index (χ2n) is 8.40. The first-order valence-corrected chi connectivity index (χ1v) is 11.5. The van der Waals surface area contributed by atoms with Gasteiger partial charge in [-0.15, -0.1) is 0 Å². The zero-order valence-corrected chi connectivity index (χ0v) is 19.0. The summed E-state index contributed by atoms with van der Waals surface area (Å²) in [7, 11) is 1.35. The number of carbonyl (C=O) groups is 4. The minimum absolute atomic E-state index is 0.0398. The van der Waals surface area contributed by atoms with E-state index in [1.807, 2.05) is 18.2 Å². The molecule has 3 atom stereocenters. The van der Waals surface area contributed by atoms with Crippen molar-refractivity contribution in [1.29, 1.82) is 0 Å². The largest absolute Gasteiger partial charge is 0.469 e. The van der Waals surface area contributed by atoms with Crippen molar-refractivity contribution >= 4 is 35.4 Å². The Bertz CT molecular complexity index is 862. The van der Waals surface area contributed by atoms with E-state index in [-0.39, 0.29) is 35.7 Å². The first kappa shape index (κ1) is 24.0. The molecule has 0 bridgehead atoms. The maximum atomic E-state index is 12.8. The minimum Gasteiger partial charge on any atom is -0.469 e. The predicted octanol–water partition coefficient (Wildman–Crippen LogP) is 3.03. The number of methoxy groups -OCH3 is 1. The van der Waals surface area contributed by atoms with E-state index >= 15 is 0 Å². The van der Waals surface area contributed by atoms with Gasteiger partial charge in [-0.25, -0.2) is 4.79 Å². The summed E-state index contributed by atoms with van der Waals surface area (Å²) >= 11 is 5.94. The summed E-state index contributed by atoms with van der Waals surface area (Å²) in [6, 6.07) is 6.63. The van der Waals surface area contributed by atoms with Gasteiger partial charge in [0, 0.05) is 30.6 Å². The third kappa shape index (κ3) is 6.22. The molecule has 1 saturated carbocycles. The van der Waals surface area contributed by atoms with Gasteiger partial charge in [-0.2, -0.15) is 0 Å². The van der Waals surface area contributed by atoms with Crippen LogP contribution in [-0.4, -0.2) is 48.4 Å². The van der Waals surface area contributed by atoms with Crippen molar-refractivity contribution in [2.75, 3.05) is 13.7 Å². The van der Waals surface area contributed by atoms with Crippen molar-refractivity contribution in [2.45, 2.75) is 57.5 Å². The monoisotopic (exact) mass is 463 g/mol. The van der Waals surface area contributed by atoms with Crippen molar-refractivity contribution in [3.63, 3.8) is 0 Å². The molecule has 0 aromatic heterocycles. The lowest BCUT2D eigenvalue weighted by molar-refractivity contribution is -0.149. The Morgan fingerprint density at radius 2 is 2.03 bits per heavy atom. The van der Waals surface area contributed by atoms with Crippen LogP contribution in [0.4, 0.5) is 4.79 Å². The Labute approximate surface area is 193 Å². The number of halogens is 1. The van der Waals surface area contributed by atoms with E-state index in [2.05, 4.69) is 10.6 Å². The quantitative estimate of drug-likeness (QED) is 0.432. The minimum atomic E-state index is -0.402. The van der Waals surface area contributed by atoms with E-state index in [1.165, 1.54) is 12.0 Å². The van der Waals surface area contributed by atoms with Gasteiger partial charge in [-0.1, -0.05) is 30.2 Å². The standard InChI is InChI=1S/C23H30ClN3O5/c1-32-22(30)16-9-10-18-19(13-16)26-23(31)27(21(18)29)11-4-2-3-8-20(28)25-14-15-6-5-7-17(24)12-15/h5-7,12,16,18-19H,2-4,8-11,13-14H2,1H3,(H,25,28)(H,26,31). The summed E-state index contributed by atoms with van der Waals surface area (Å²) in [5.74, 6) is -1.05. The lowest BCUT2D eigenvalue weighted by atomic mass is 9.76. The molecule has 32 heavy (non-hydrogen) atoms. The van der Waals surface area contributed by atoms with Crippen LogP contribution in [0.25, 0.3) is 0 Å². The van der Waals surface area contributed by atoms with E-state index in [0.717, 1.165) is 12.0 Å². The van der Waals surface area contributed by atoms with Gasteiger partial charge in [-0.05, 0) is 49.8 Å². The van der Waals surface area contributed by atoms with Gasteiger partial charge in [0.05, 0.1) is 18.9 Å². The van der Waals surface area contributed by atoms with Crippen molar-refractivity contribution in [2.24, 2.45) is 11.8 Å². The van der Waals surface area contributed by atoms with Gasteiger partial charge in [-0.3, -0.25) is 19.3 Å². The molecule has 1 saturated heterocycles. The second kappa shape index (κ2) is 11.3. The summed E-state index contributed by atoms with van der Waals surface area (Å²) < 4.78 is 4.80. The highest BCUT2D eigenvalue weighted by Crippen LogP contribution is 2.33. The molecule has 3 rings (SSSR count). The number of hydrogen-bond acceptors (Lipinski definition) is 5. The average Bonchev–Trinajstić information content (AvgIpc) is 2.78. The molecule has 2 N–H and O–H groups in total. The first-order valence-electron chi connectivity index (χ1n) is 11.1. The number of nitrogens with zero attached hydrogens (tertiary/aromatic N) is 1. The van der Waals surface area contributed by atoms with E-state index in [1.54, 1.807) is 6.07 Å². The summed E-state index contributed by atoms with van der Waals surface area (Å²) in [6.45, 7) is 0.764. The Balaban J connectivity index is 1.35. The summed E-state index contributed by atoms with van der Waals surface area (Å²) in [6.07, 6.45) is 4.04. The normalized spacial score (nSPS) is 22.7. The zero-order valence-electron chi connectivity index (χ0n) is 18.3. The molecule has 2 aliphatic rings. The number of ether oxygens (including phenoxy) is 1. The van der Waals surface area contributed by atoms with Crippen LogP contribution < -0.4 is 10.6 Å².